The summed E-state index contributed by atoms with van der Waals surface area (Å²) in [6.07, 6.45) is 0.426. The van der Waals surface area contributed by atoms with Gasteiger partial charge < -0.3 is 14.6 Å². The van der Waals surface area contributed by atoms with Gasteiger partial charge in [0, 0.05) is 17.3 Å². The largest absolute Gasteiger partial charge is 0.602 e. The van der Waals surface area contributed by atoms with E-state index in [9.17, 15) is 19.2 Å². The molecular formula is C22H29BCl2N2O6. The Morgan fingerprint density at radius 1 is 1.12 bits per heavy atom. The fourth-order valence-electron chi connectivity index (χ4n) is 3.52. The van der Waals surface area contributed by atoms with Gasteiger partial charge in [-0.1, -0.05) is 37.0 Å². The third-order valence-electron chi connectivity index (χ3n) is 5.64. The molecule has 1 fully saturated rings. The van der Waals surface area contributed by atoms with Crippen molar-refractivity contribution >= 4 is 53.9 Å². The maximum absolute atomic E-state index is 12.7. The first kappa shape index (κ1) is 27.2. The number of carbonyl (C=O) groups is 4. The first-order valence-electron chi connectivity index (χ1n) is 10.8. The Morgan fingerprint density at radius 2 is 1.70 bits per heavy atom. The van der Waals surface area contributed by atoms with Gasteiger partial charge >= 0.3 is 19.1 Å². The molecule has 1 aromatic carbocycles. The summed E-state index contributed by atoms with van der Waals surface area (Å²) in [5.74, 6) is -2.33. The number of amides is 1. The molecule has 0 aromatic heterocycles. The van der Waals surface area contributed by atoms with Crippen molar-refractivity contribution in [3.63, 3.8) is 0 Å². The number of nitrogens with one attached hydrogen (secondary N) is 1. The van der Waals surface area contributed by atoms with Gasteiger partial charge in [-0.2, -0.15) is 0 Å². The molecule has 1 saturated heterocycles. The standard InChI is InChI=1S/C22H29BCl2N2O6/c1-12(2)8-15(23-32-21(30)13(3)27(5)14(4)22(31)33-23)9-17(28)11-26-20(29)18-10-16(24)6-7-19(18)25/h6-7,10,12-15H,8-9,11H2,1-5H3,(H,26,29)/t13-,14-,15+/m0/s1. The minimum absolute atomic E-state index is 0.0500. The van der Waals surface area contributed by atoms with Gasteiger partial charge in [0.15, 0.2) is 5.78 Å². The summed E-state index contributed by atoms with van der Waals surface area (Å²) in [5.41, 5.74) is 0.158. The normalized spacial score (nSPS) is 20.5. The van der Waals surface area contributed by atoms with Gasteiger partial charge in [-0.15, -0.1) is 0 Å². The number of hydrogen-bond acceptors (Lipinski definition) is 7. The Morgan fingerprint density at radius 3 is 2.24 bits per heavy atom. The summed E-state index contributed by atoms with van der Waals surface area (Å²) >= 11 is 11.9. The van der Waals surface area contributed by atoms with Gasteiger partial charge in [-0.25, -0.2) is 0 Å². The minimum Gasteiger partial charge on any atom is -0.498 e. The van der Waals surface area contributed by atoms with Crippen molar-refractivity contribution in [2.24, 2.45) is 5.92 Å². The summed E-state index contributed by atoms with van der Waals surface area (Å²) < 4.78 is 11.0. The van der Waals surface area contributed by atoms with Crippen molar-refractivity contribution in [2.45, 2.75) is 58.4 Å². The monoisotopic (exact) mass is 498 g/mol. The molecule has 8 nitrogen and oxygen atoms in total. The fourth-order valence-corrected chi connectivity index (χ4v) is 3.89. The molecule has 1 aromatic rings. The zero-order valence-corrected chi connectivity index (χ0v) is 20.9. The Hall–Kier alpha value is -2.10. The number of benzene rings is 1. The van der Waals surface area contributed by atoms with Crippen LogP contribution in [0.4, 0.5) is 0 Å². The van der Waals surface area contributed by atoms with Gasteiger partial charge in [0.25, 0.3) is 5.91 Å². The quantitative estimate of drug-likeness (QED) is 0.548. The average Bonchev–Trinajstić information content (AvgIpc) is 2.75. The Kier molecular flexibility index (Phi) is 9.76. The summed E-state index contributed by atoms with van der Waals surface area (Å²) in [7, 11) is 0.454. The van der Waals surface area contributed by atoms with E-state index in [1.165, 1.54) is 12.1 Å². The minimum atomic E-state index is -1.19. The number of likely N-dealkylation sites (N-methyl/N-ethyl adjacent to an activating group) is 1. The summed E-state index contributed by atoms with van der Waals surface area (Å²) in [6.45, 7) is 6.93. The SMILES string of the molecule is CC(C)C[C@H](CC(=O)CNC(=O)c1cc(Cl)ccc1Cl)B1OC(=O)[C@H](C)N(C)[C@@H](C)C(=O)O1. The number of Topliss-reactive ketones (excluding diaryl/α,β-unsaturated/α-hetero) is 1. The van der Waals surface area contributed by atoms with E-state index in [0.29, 0.717) is 11.4 Å². The van der Waals surface area contributed by atoms with Crippen molar-refractivity contribution in [1.29, 1.82) is 0 Å². The van der Waals surface area contributed by atoms with E-state index in [1.54, 1.807) is 31.9 Å². The second-order valence-electron chi connectivity index (χ2n) is 8.70. The summed E-state index contributed by atoms with van der Waals surface area (Å²) in [6, 6.07) is 3.17. The molecule has 2 rings (SSSR count). The van der Waals surface area contributed by atoms with Crippen LogP contribution in [0.5, 0.6) is 0 Å². The third-order valence-corrected chi connectivity index (χ3v) is 6.20. The van der Waals surface area contributed by atoms with Crippen LogP contribution in [0.15, 0.2) is 18.2 Å². The Balaban J connectivity index is 2.10. The smallest absolute Gasteiger partial charge is 0.498 e. The number of ketones is 1. The molecule has 0 saturated carbocycles. The van der Waals surface area contributed by atoms with E-state index in [2.05, 4.69) is 5.32 Å². The molecule has 1 aliphatic heterocycles. The van der Waals surface area contributed by atoms with Crippen LogP contribution in [0.3, 0.4) is 0 Å². The van der Waals surface area contributed by atoms with Crippen LogP contribution >= 0.6 is 23.2 Å². The van der Waals surface area contributed by atoms with E-state index in [-0.39, 0.29) is 35.3 Å². The number of nitrogens with zero attached hydrogens (tertiary/aromatic N) is 1. The van der Waals surface area contributed by atoms with Crippen molar-refractivity contribution in [3.8, 4) is 0 Å². The highest BCUT2D eigenvalue weighted by Gasteiger charge is 2.44. The number of carbonyl (C=O) groups excluding carboxylic acids is 4. The second kappa shape index (κ2) is 11.9. The maximum Gasteiger partial charge on any atom is 0.602 e. The number of halogens is 2. The van der Waals surface area contributed by atoms with E-state index >= 15 is 0 Å². The molecule has 0 unspecified atom stereocenters. The molecule has 0 bridgehead atoms. The molecule has 1 aliphatic rings. The number of rotatable bonds is 8. The van der Waals surface area contributed by atoms with Crippen LogP contribution < -0.4 is 5.32 Å². The molecule has 33 heavy (non-hydrogen) atoms. The van der Waals surface area contributed by atoms with Gasteiger partial charge in [0.2, 0.25) is 0 Å². The van der Waals surface area contributed by atoms with Crippen LogP contribution in [-0.4, -0.2) is 61.3 Å². The van der Waals surface area contributed by atoms with Gasteiger partial charge in [-0.3, -0.25) is 24.1 Å². The molecule has 1 heterocycles. The second-order valence-corrected chi connectivity index (χ2v) is 9.54. The highest BCUT2D eigenvalue weighted by atomic mass is 35.5. The molecule has 0 aliphatic carbocycles. The van der Waals surface area contributed by atoms with E-state index in [1.807, 2.05) is 13.8 Å². The highest BCUT2D eigenvalue weighted by molar-refractivity contribution is 6.51. The molecule has 11 heteroatoms. The lowest BCUT2D eigenvalue weighted by Crippen LogP contribution is -2.53. The molecule has 180 valence electrons. The van der Waals surface area contributed by atoms with Crippen LogP contribution in [0.25, 0.3) is 0 Å². The van der Waals surface area contributed by atoms with E-state index in [4.69, 9.17) is 32.5 Å². The predicted molar refractivity (Wildman–Crippen MR) is 126 cm³/mol. The first-order chi connectivity index (χ1) is 15.4. The zero-order valence-electron chi connectivity index (χ0n) is 19.4. The first-order valence-corrected chi connectivity index (χ1v) is 11.5. The molecular weight excluding hydrogens is 470 g/mol. The molecule has 0 radical (unpaired) electrons. The molecule has 1 N–H and O–H groups in total. The predicted octanol–water partition coefficient (Wildman–Crippen LogP) is 3.40. The van der Waals surface area contributed by atoms with Gasteiger partial charge in [0.1, 0.15) is 12.1 Å². The van der Waals surface area contributed by atoms with Crippen molar-refractivity contribution in [1.82, 2.24) is 10.2 Å². The van der Waals surface area contributed by atoms with Gasteiger partial charge in [0.05, 0.1) is 17.1 Å². The van der Waals surface area contributed by atoms with E-state index in [0.717, 1.165) is 0 Å². The lowest BCUT2D eigenvalue weighted by atomic mass is 9.65. The van der Waals surface area contributed by atoms with Crippen molar-refractivity contribution in [3.05, 3.63) is 33.8 Å². The fraction of sp³-hybridized carbons (Fsp3) is 0.545. The summed E-state index contributed by atoms with van der Waals surface area (Å²) in [4.78, 5) is 51.7. The van der Waals surface area contributed by atoms with Crippen LogP contribution in [0, 0.1) is 5.92 Å². The molecule has 0 spiro atoms. The Labute approximate surface area is 204 Å². The van der Waals surface area contributed by atoms with Crippen LogP contribution in [0.2, 0.25) is 15.9 Å². The lowest BCUT2D eigenvalue weighted by molar-refractivity contribution is -0.153. The zero-order chi connectivity index (χ0) is 24.9. The van der Waals surface area contributed by atoms with E-state index < -0.39 is 42.9 Å². The Bertz CT molecular complexity index is 889. The molecule has 1 amide bonds. The topological polar surface area (TPSA) is 102 Å². The third kappa shape index (κ3) is 7.45. The maximum atomic E-state index is 12.7. The molecule has 3 atom stereocenters. The number of hydrogen-bond donors (Lipinski definition) is 1. The highest BCUT2D eigenvalue weighted by Crippen LogP contribution is 2.29. The van der Waals surface area contributed by atoms with Crippen molar-refractivity contribution < 1.29 is 28.5 Å². The average molecular weight is 499 g/mol. The van der Waals surface area contributed by atoms with Crippen LogP contribution in [-0.2, 0) is 23.7 Å². The summed E-state index contributed by atoms with van der Waals surface area (Å²) in [5, 5.41) is 3.09. The van der Waals surface area contributed by atoms with Crippen molar-refractivity contribution in [2.75, 3.05) is 13.6 Å². The van der Waals surface area contributed by atoms with Gasteiger partial charge in [-0.05, 0) is 51.4 Å². The van der Waals surface area contributed by atoms with Crippen LogP contribution in [0.1, 0.15) is 50.9 Å². The lowest BCUT2D eigenvalue weighted by Gasteiger charge is -2.34.